The Balaban J connectivity index is 2.57. The molecule has 2 N–H and O–H groups in total. The number of amides is 1. The van der Waals surface area contributed by atoms with Crippen molar-refractivity contribution in [3.8, 4) is 0 Å². The lowest BCUT2D eigenvalue weighted by Crippen LogP contribution is -2.41. The third kappa shape index (κ3) is 5.20. The van der Waals surface area contributed by atoms with Crippen LogP contribution in [0.5, 0.6) is 0 Å². The Morgan fingerprint density at radius 2 is 2.00 bits per heavy atom. The van der Waals surface area contributed by atoms with Gasteiger partial charge in [-0.2, -0.15) is 0 Å². The van der Waals surface area contributed by atoms with E-state index in [9.17, 15) is 4.79 Å². The van der Waals surface area contributed by atoms with Gasteiger partial charge in [0.2, 0.25) is 5.91 Å². The standard InChI is InChI=1S/C13H19ClN2O/c1-9-7-10(14)5-6-11(9)16-12(17)8-15-13(2,3)4/h5-7,15H,8H2,1-4H3,(H,16,17). The second-order valence-corrected chi connectivity index (χ2v) is 5.55. The molecule has 3 nitrogen and oxygen atoms in total. The molecule has 0 fully saturated rings. The van der Waals surface area contributed by atoms with Crippen LogP contribution in [0.4, 0.5) is 5.69 Å². The predicted molar refractivity (Wildman–Crippen MR) is 72.6 cm³/mol. The van der Waals surface area contributed by atoms with E-state index in [1.165, 1.54) is 0 Å². The lowest BCUT2D eigenvalue weighted by atomic mass is 10.1. The molecule has 1 aromatic rings. The molecule has 17 heavy (non-hydrogen) atoms. The van der Waals surface area contributed by atoms with E-state index >= 15 is 0 Å². The molecule has 0 saturated carbocycles. The van der Waals surface area contributed by atoms with Crippen LogP contribution in [0.2, 0.25) is 5.02 Å². The van der Waals surface area contributed by atoms with Crippen molar-refractivity contribution < 1.29 is 4.79 Å². The first kappa shape index (κ1) is 14.0. The molecule has 0 aliphatic carbocycles. The lowest BCUT2D eigenvalue weighted by Gasteiger charge is -2.20. The molecule has 0 radical (unpaired) electrons. The van der Waals surface area contributed by atoms with Gasteiger partial charge in [-0.05, 0) is 51.5 Å². The Kier molecular flexibility index (Phi) is 4.54. The fourth-order valence-corrected chi connectivity index (χ4v) is 1.53. The molecule has 0 unspecified atom stereocenters. The highest BCUT2D eigenvalue weighted by molar-refractivity contribution is 6.30. The molecular formula is C13H19ClN2O. The molecule has 1 amide bonds. The van der Waals surface area contributed by atoms with Gasteiger partial charge in [0.25, 0.3) is 0 Å². The molecule has 1 aromatic carbocycles. The van der Waals surface area contributed by atoms with E-state index in [2.05, 4.69) is 10.6 Å². The fraction of sp³-hybridized carbons (Fsp3) is 0.462. The van der Waals surface area contributed by atoms with Gasteiger partial charge in [-0.15, -0.1) is 0 Å². The average molecular weight is 255 g/mol. The summed E-state index contributed by atoms with van der Waals surface area (Å²) in [5.74, 6) is -0.0506. The third-order valence-electron chi connectivity index (χ3n) is 2.24. The number of benzene rings is 1. The van der Waals surface area contributed by atoms with Crippen LogP contribution in [-0.2, 0) is 4.79 Å². The minimum atomic E-state index is -0.0631. The molecule has 0 aliphatic heterocycles. The summed E-state index contributed by atoms with van der Waals surface area (Å²) in [7, 11) is 0. The zero-order valence-corrected chi connectivity index (χ0v) is 11.5. The number of carbonyl (C=O) groups is 1. The smallest absolute Gasteiger partial charge is 0.238 e. The summed E-state index contributed by atoms with van der Waals surface area (Å²) in [6.45, 7) is 8.28. The van der Waals surface area contributed by atoms with Crippen molar-refractivity contribution in [3.05, 3.63) is 28.8 Å². The molecule has 0 atom stereocenters. The van der Waals surface area contributed by atoms with Crippen LogP contribution in [0.25, 0.3) is 0 Å². The first-order valence-electron chi connectivity index (χ1n) is 5.59. The Morgan fingerprint density at radius 1 is 1.35 bits per heavy atom. The minimum Gasteiger partial charge on any atom is -0.325 e. The predicted octanol–water partition coefficient (Wildman–Crippen LogP) is 2.98. The quantitative estimate of drug-likeness (QED) is 0.871. The number of rotatable bonds is 3. The topological polar surface area (TPSA) is 41.1 Å². The van der Waals surface area contributed by atoms with E-state index < -0.39 is 0 Å². The molecule has 0 heterocycles. The van der Waals surface area contributed by atoms with Gasteiger partial charge in [0.05, 0.1) is 6.54 Å². The summed E-state index contributed by atoms with van der Waals surface area (Å²) in [6.07, 6.45) is 0. The summed E-state index contributed by atoms with van der Waals surface area (Å²) in [5.41, 5.74) is 1.70. The Labute approximate surface area is 108 Å². The summed E-state index contributed by atoms with van der Waals surface area (Å²) in [5, 5.41) is 6.66. The molecule has 0 bridgehead atoms. The number of hydrogen-bond donors (Lipinski definition) is 2. The maximum atomic E-state index is 11.7. The maximum Gasteiger partial charge on any atom is 0.238 e. The van der Waals surface area contributed by atoms with Crippen LogP contribution in [0.15, 0.2) is 18.2 Å². The van der Waals surface area contributed by atoms with E-state index in [1.807, 2.05) is 39.8 Å². The number of carbonyl (C=O) groups excluding carboxylic acids is 1. The van der Waals surface area contributed by atoms with Crippen molar-refractivity contribution in [3.63, 3.8) is 0 Å². The van der Waals surface area contributed by atoms with E-state index in [0.717, 1.165) is 11.3 Å². The van der Waals surface area contributed by atoms with Crippen LogP contribution in [0.1, 0.15) is 26.3 Å². The van der Waals surface area contributed by atoms with E-state index in [1.54, 1.807) is 6.07 Å². The van der Waals surface area contributed by atoms with Crippen molar-refractivity contribution >= 4 is 23.2 Å². The second kappa shape index (κ2) is 5.52. The Morgan fingerprint density at radius 3 is 2.53 bits per heavy atom. The summed E-state index contributed by atoms with van der Waals surface area (Å²) in [4.78, 5) is 11.7. The van der Waals surface area contributed by atoms with Crippen LogP contribution >= 0.6 is 11.6 Å². The molecule has 0 spiro atoms. The number of nitrogens with one attached hydrogen (secondary N) is 2. The Bertz CT molecular complexity index is 410. The van der Waals surface area contributed by atoms with E-state index in [-0.39, 0.29) is 11.4 Å². The number of anilines is 1. The highest BCUT2D eigenvalue weighted by Gasteiger charge is 2.11. The van der Waals surface area contributed by atoms with Gasteiger partial charge in [-0.3, -0.25) is 4.79 Å². The zero-order chi connectivity index (χ0) is 13.1. The van der Waals surface area contributed by atoms with Gasteiger partial charge in [-0.1, -0.05) is 11.6 Å². The van der Waals surface area contributed by atoms with Gasteiger partial charge in [0, 0.05) is 16.2 Å². The number of halogens is 1. The van der Waals surface area contributed by atoms with E-state index in [4.69, 9.17) is 11.6 Å². The summed E-state index contributed by atoms with van der Waals surface area (Å²) < 4.78 is 0. The van der Waals surface area contributed by atoms with Gasteiger partial charge in [0.15, 0.2) is 0 Å². The average Bonchev–Trinajstić information content (AvgIpc) is 2.18. The SMILES string of the molecule is Cc1cc(Cl)ccc1NC(=O)CNC(C)(C)C. The van der Waals surface area contributed by atoms with Crippen LogP contribution in [0, 0.1) is 6.92 Å². The Hall–Kier alpha value is -1.06. The lowest BCUT2D eigenvalue weighted by molar-refractivity contribution is -0.115. The van der Waals surface area contributed by atoms with E-state index in [0.29, 0.717) is 11.6 Å². The highest BCUT2D eigenvalue weighted by Crippen LogP contribution is 2.19. The maximum absolute atomic E-state index is 11.7. The number of aryl methyl sites for hydroxylation is 1. The highest BCUT2D eigenvalue weighted by atomic mass is 35.5. The van der Waals surface area contributed by atoms with Crippen molar-refractivity contribution in [1.82, 2.24) is 5.32 Å². The van der Waals surface area contributed by atoms with Crippen LogP contribution < -0.4 is 10.6 Å². The number of hydrogen-bond acceptors (Lipinski definition) is 2. The third-order valence-corrected chi connectivity index (χ3v) is 2.48. The van der Waals surface area contributed by atoms with Gasteiger partial charge < -0.3 is 10.6 Å². The first-order chi connectivity index (χ1) is 7.78. The van der Waals surface area contributed by atoms with Crippen molar-refractivity contribution in [2.45, 2.75) is 33.2 Å². The molecule has 0 aromatic heterocycles. The molecule has 0 saturated heterocycles. The van der Waals surface area contributed by atoms with Crippen molar-refractivity contribution in [2.24, 2.45) is 0 Å². The van der Waals surface area contributed by atoms with Gasteiger partial charge >= 0.3 is 0 Å². The normalized spacial score (nSPS) is 11.4. The fourth-order valence-electron chi connectivity index (χ4n) is 1.31. The zero-order valence-electron chi connectivity index (χ0n) is 10.7. The van der Waals surface area contributed by atoms with Crippen molar-refractivity contribution in [2.75, 3.05) is 11.9 Å². The minimum absolute atomic E-state index is 0.0506. The monoisotopic (exact) mass is 254 g/mol. The molecular weight excluding hydrogens is 236 g/mol. The molecule has 4 heteroatoms. The largest absolute Gasteiger partial charge is 0.325 e. The van der Waals surface area contributed by atoms with Gasteiger partial charge in [0.1, 0.15) is 0 Å². The van der Waals surface area contributed by atoms with Crippen molar-refractivity contribution in [1.29, 1.82) is 0 Å². The molecule has 1 rings (SSSR count). The van der Waals surface area contributed by atoms with Gasteiger partial charge in [-0.25, -0.2) is 0 Å². The second-order valence-electron chi connectivity index (χ2n) is 5.11. The molecule has 94 valence electrons. The van der Waals surface area contributed by atoms with Crippen LogP contribution in [-0.4, -0.2) is 18.0 Å². The molecule has 0 aliphatic rings. The first-order valence-corrected chi connectivity index (χ1v) is 5.97. The van der Waals surface area contributed by atoms with Crippen LogP contribution in [0.3, 0.4) is 0 Å². The summed E-state index contributed by atoms with van der Waals surface area (Å²) >= 11 is 5.85. The summed E-state index contributed by atoms with van der Waals surface area (Å²) in [6, 6.07) is 5.41.